The zero-order chi connectivity index (χ0) is 26.2. The molecule has 1 aromatic carbocycles. The predicted molar refractivity (Wildman–Crippen MR) is 139 cm³/mol. The van der Waals surface area contributed by atoms with Crippen molar-refractivity contribution in [2.24, 2.45) is 0 Å². The number of pyridine rings is 1. The fourth-order valence-corrected chi connectivity index (χ4v) is 3.58. The van der Waals surface area contributed by atoms with Crippen LogP contribution in [-0.2, 0) is 9.53 Å². The van der Waals surface area contributed by atoms with Crippen LogP contribution in [0.25, 0.3) is 11.7 Å². The number of amides is 1. The predicted octanol–water partition coefficient (Wildman–Crippen LogP) is 4.76. The van der Waals surface area contributed by atoms with Crippen LogP contribution in [-0.4, -0.2) is 34.5 Å². The number of nitriles is 1. The van der Waals surface area contributed by atoms with Crippen LogP contribution in [0.1, 0.15) is 56.7 Å². The molecule has 0 fully saturated rings. The molecule has 2 aromatic heterocycles. The van der Waals surface area contributed by atoms with Crippen LogP contribution >= 0.6 is 0 Å². The number of carbonyl (C=O) groups is 1. The molecule has 8 heteroatoms. The number of nitrogens with one attached hydrogen (secondary N) is 1. The van der Waals surface area contributed by atoms with E-state index in [2.05, 4.69) is 10.3 Å². The van der Waals surface area contributed by atoms with Gasteiger partial charge >= 0.3 is 0 Å². The van der Waals surface area contributed by atoms with Crippen molar-refractivity contribution in [3.63, 3.8) is 0 Å². The van der Waals surface area contributed by atoms with E-state index < -0.39 is 11.5 Å². The first kappa shape index (κ1) is 26.6. The second kappa shape index (κ2) is 12.1. The second-order valence-corrected chi connectivity index (χ2v) is 9.06. The van der Waals surface area contributed by atoms with Crippen molar-refractivity contribution in [3.8, 4) is 17.7 Å². The number of aromatic nitrogens is 2. The van der Waals surface area contributed by atoms with Crippen LogP contribution in [0.2, 0.25) is 0 Å². The number of fused-ring (bicyclic) bond motifs is 1. The SMILES string of the molecule is Cc1ccc(C(C)C)c(Oc2nc3ccccn3c(=O)c2/C=C(\C#N)C(=O)NCCCOC(C)C)c1. The molecule has 0 saturated carbocycles. The fraction of sp³-hybridized carbons (Fsp3) is 0.357. The second-order valence-electron chi connectivity index (χ2n) is 9.06. The summed E-state index contributed by atoms with van der Waals surface area (Å²) in [6, 6.07) is 12.9. The molecular formula is C28H32N4O4. The highest BCUT2D eigenvalue weighted by Crippen LogP contribution is 2.32. The van der Waals surface area contributed by atoms with Gasteiger partial charge in [-0.05, 0) is 68.5 Å². The molecule has 0 bridgehead atoms. The van der Waals surface area contributed by atoms with Gasteiger partial charge in [-0.1, -0.05) is 32.0 Å². The van der Waals surface area contributed by atoms with E-state index in [1.54, 1.807) is 24.4 Å². The Labute approximate surface area is 211 Å². The summed E-state index contributed by atoms with van der Waals surface area (Å²) in [6.45, 7) is 10.7. The maximum atomic E-state index is 13.4. The van der Waals surface area contributed by atoms with Crippen LogP contribution < -0.4 is 15.6 Å². The normalized spacial score (nSPS) is 11.7. The van der Waals surface area contributed by atoms with Crippen molar-refractivity contribution >= 4 is 17.6 Å². The van der Waals surface area contributed by atoms with Crippen LogP contribution in [0.3, 0.4) is 0 Å². The Kier molecular flexibility index (Phi) is 8.98. The molecule has 1 N–H and O–H groups in total. The Bertz CT molecular complexity index is 1370. The molecule has 0 radical (unpaired) electrons. The summed E-state index contributed by atoms with van der Waals surface area (Å²) < 4.78 is 13.0. The van der Waals surface area contributed by atoms with E-state index in [0.717, 1.165) is 11.1 Å². The van der Waals surface area contributed by atoms with E-state index in [1.807, 2.05) is 58.9 Å². The number of hydrogen-bond acceptors (Lipinski definition) is 6. The monoisotopic (exact) mass is 488 g/mol. The average molecular weight is 489 g/mol. The molecule has 2 heterocycles. The first-order valence-electron chi connectivity index (χ1n) is 12.0. The zero-order valence-electron chi connectivity index (χ0n) is 21.4. The lowest BCUT2D eigenvalue weighted by Gasteiger charge is -2.16. The maximum absolute atomic E-state index is 13.4. The molecule has 0 aliphatic carbocycles. The molecule has 8 nitrogen and oxygen atoms in total. The van der Waals surface area contributed by atoms with Gasteiger partial charge in [0.05, 0.1) is 6.10 Å². The summed E-state index contributed by atoms with van der Waals surface area (Å²) in [5.41, 5.74) is 1.69. The minimum Gasteiger partial charge on any atom is -0.438 e. The summed E-state index contributed by atoms with van der Waals surface area (Å²) in [7, 11) is 0. The number of carbonyl (C=O) groups excluding carboxylic acids is 1. The Morgan fingerprint density at radius 2 is 2.00 bits per heavy atom. The van der Waals surface area contributed by atoms with Gasteiger partial charge in [-0.15, -0.1) is 0 Å². The van der Waals surface area contributed by atoms with Crippen LogP contribution in [0, 0.1) is 18.3 Å². The van der Waals surface area contributed by atoms with Crippen molar-refractivity contribution in [2.75, 3.05) is 13.2 Å². The van der Waals surface area contributed by atoms with Crippen molar-refractivity contribution in [2.45, 2.75) is 53.1 Å². The molecule has 0 unspecified atom stereocenters. The molecular weight excluding hydrogens is 456 g/mol. The lowest BCUT2D eigenvalue weighted by Crippen LogP contribution is -2.27. The first-order valence-corrected chi connectivity index (χ1v) is 12.0. The van der Waals surface area contributed by atoms with Gasteiger partial charge in [-0.25, -0.2) is 0 Å². The Morgan fingerprint density at radius 1 is 1.22 bits per heavy atom. The summed E-state index contributed by atoms with van der Waals surface area (Å²) in [5, 5.41) is 12.4. The van der Waals surface area contributed by atoms with E-state index >= 15 is 0 Å². The Morgan fingerprint density at radius 3 is 2.69 bits per heavy atom. The molecule has 0 aliphatic rings. The summed E-state index contributed by atoms with van der Waals surface area (Å²) in [4.78, 5) is 30.6. The first-order chi connectivity index (χ1) is 17.2. The third-order valence-electron chi connectivity index (χ3n) is 5.44. The third kappa shape index (κ3) is 6.58. The highest BCUT2D eigenvalue weighted by molar-refractivity contribution is 6.01. The molecule has 3 rings (SSSR count). The minimum absolute atomic E-state index is 0.0183. The highest BCUT2D eigenvalue weighted by atomic mass is 16.5. The fourth-order valence-electron chi connectivity index (χ4n) is 3.58. The van der Waals surface area contributed by atoms with Gasteiger partial charge in [0.2, 0.25) is 5.88 Å². The van der Waals surface area contributed by atoms with E-state index in [0.29, 0.717) is 31.0 Å². The van der Waals surface area contributed by atoms with E-state index in [4.69, 9.17) is 9.47 Å². The Hall–Kier alpha value is -3.96. The minimum atomic E-state index is -0.580. The number of ether oxygens (including phenoxy) is 2. The number of nitrogens with zero attached hydrogens (tertiary/aromatic N) is 3. The molecule has 0 atom stereocenters. The molecule has 36 heavy (non-hydrogen) atoms. The highest BCUT2D eigenvalue weighted by Gasteiger charge is 2.19. The lowest BCUT2D eigenvalue weighted by atomic mass is 10.0. The van der Waals surface area contributed by atoms with E-state index in [-0.39, 0.29) is 29.0 Å². The van der Waals surface area contributed by atoms with Gasteiger partial charge in [0.15, 0.2) is 0 Å². The van der Waals surface area contributed by atoms with Crippen molar-refractivity contribution < 1.29 is 14.3 Å². The average Bonchev–Trinajstić information content (AvgIpc) is 2.83. The summed E-state index contributed by atoms with van der Waals surface area (Å²) in [5.74, 6) is 0.190. The van der Waals surface area contributed by atoms with Gasteiger partial charge in [-0.2, -0.15) is 10.2 Å². The Balaban J connectivity index is 2.02. The topological polar surface area (TPSA) is 106 Å². The standard InChI is InChI=1S/C28H32N4O4/c1-18(2)22-11-10-20(5)15-24(22)36-27-23(28(34)32-13-7-6-9-25(32)31-27)16-21(17-29)26(33)30-12-8-14-35-19(3)4/h6-7,9-11,13,15-16,18-19H,8,12,14H2,1-5H3,(H,30,33)/b21-16+. The molecule has 1 amide bonds. The van der Waals surface area contributed by atoms with Crippen LogP contribution in [0.4, 0.5) is 0 Å². The van der Waals surface area contributed by atoms with Gasteiger partial charge < -0.3 is 14.8 Å². The quantitative estimate of drug-likeness (QED) is 0.251. The smallest absolute Gasteiger partial charge is 0.269 e. The van der Waals surface area contributed by atoms with Gasteiger partial charge in [-0.3, -0.25) is 14.0 Å². The largest absolute Gasteiger partial charge is 0.438 e. The van der Waals surface area contributed by atoms with E-state index in [1.165, 1.54) is 10.5 Å². The van der Waals surface area contributed by atoms with Crippen molar-refractivity contribution in [3.05, 3.63) is 75.2 Å². The maximum Gasteiger partial charge on any atom is 0.269 e. The lowest BCUT2D eigenvalue weighted by molar-refractivity contribution is -0.117. The van der Waals surface area contributed by atoms with Gasteiger partial charge in [0.1, 0.15) is 28.6 Å². The summed E-state index contributed by atoms with van der Waals surface area (Å²) in [6.07, 6.45) is 3.53. The molecule has 3 aromatic rings. The molecule has 188 valence electrons. The number of hydrogen-bond donors (Lipinski definition) is 1. The molecule has 0 spiro atoms. The van der Waals surface area contributed by atoms with Crippen molar-refractivity contribution in [1.29, 1.82) is 5.26 Å². The van der Waals surface area contributed by atoms with Crippen LogP contribution in [0.15, 0.2) is 53.0 Å². The van der Waals surface area contributed by atoms with Gasteiger partial charge in [0.25, 0.3) is 11.5 Å². The number of rotatable bonds is 10. The number of aryl methyl sites for hydroxylation is 1. The van der Waals surface area contributed by atoms with Crippen LogP contribution in [0.5, 0.6) is 11.6 Å². The van der Waals surface area contributed by atoms with E-state index in [9.17, 15) is 14.9 Å². The van der Waals surface area contributed by atoms with Crippen molar-refractivity contribution in [1.82, 2.24) is 14.7 Å². The number of benzene rings is 1. The third-order valence-corrected chi connectivity index (χ3v) is 5.44. The zero-order valence-corrected chi connectivity index (χ0v) is 21.4. The van der Waals surface area contributed by atoms with Gasteiger partial charge in [0, 0.05) is 19.3 Å². The molecule has 0 saturated heterocycles. The molecule has 0 aliphatic heterocycles. The summed E-state index contributed by atoms with van der Waals surface area (Å²) >= 11 is 0.